The second-order valence-corrected chi connectivity index (χ2v) is 9.29. The number of aromatic nitrogens is 5. The van der Waals surface area contributed by atoms with Crippen LogP contribution in [0.1, 0.15) is 40.8 Å². The van der Waals surface area contributed by atoms with Crippen LogP contribution in [0.2, 0.25) is 0 Å². The van der Waals surface area contributed by atoms with Crippen molar-refractivity contribution in [3.05, 3.63) is 102 Å². The highest BCUT2D eigenvalue weighted by molar-refractivity contribution is 5.93. The number of benzene rings is 2. The van der Waals surface area contributed by atoms with E-state index >= 15 is 0 Å². The average Bonchev–Trinajstić information content (AvgIpc) is 3.58. The van der Waals surface area contributed by atoms with E-state index in [2.05, 4.69) is 44.0 Å². The standard InChI is InChI=1S/C29H28N6O/c36-29(26-20-25(32-33-26)22-10-5-2-6-11-22)34-18-15-23(16-19-34)35-27(14-13-21-8-3-1-4-9-21)31-24-12-7-17-30-28(24)35/h1-12,17,20,23H,13-16,18-19H2,(H,32,33). The quantitative estimate of drug-likeness (QED) is 0.370. The molecule has 7 heteroatoms. The van der Waals surface area contributed by atoms with E-state index in [9.17, 15) is 4.79 Å². The molecule has 0 unspecified atom stereocenters. The number of carbonyl (C=O) groups is 1. The number of piperidine rings is 1. The van der Waals surface area contributed by atoms with Gasteiger partial charge in [-0.1, -0.05) is 60.7 Å². The summed E-state index contributed by atoms with van der Waals surface area (Å²) in [6.45, 7) is 1.38. The van der Waals surface area contributed by atoms with Gasteiger partial charge >= 0.3 is 0 Å². The Morgan fingerprint density at radius 3 is 2.44 bits per heavy atom. The fourth-order valence-electron chi connectivity index (χ4n) is 5.12. The van der Waals surface area contributed by atoms with Crippen LogP contribution in [0.4, 0.5) is 0 Å². The largest absolute Gasteiger partial charge is 0.337 e. The molecule has 1 fully saturated rings. The summed E-state index contributed by atoms with van der Waals surface area (Å²) in [6, 6.07) is 26.5. The molecule has 6 rings (SSSR count). The molecule has 0 radical (unpaired) electrons. The first kappa shape index (κ1) is 22.2. The zero-order chi connectivity index (χ0) is 24.3. The lowest BCUT2D eigenvalue weighted by Gasteiger charge is -2.33. The van der Waals surface area contributed by atoms with Crippen LogP contribution in [0.15, 0.2) is 85.1 Å². The number of aryl methyl sites for hydroxylation is 2. The average molecular weight is 477 g/mol. The number of fused-ring (bicyclic) bond motifs is 1. The smallest absolute Gasteiger partial charge is 0.271 e. The number of rotatable bonds is 6. The molecule has 1 aliphatic heterocycles. The minimum atomic E-state index is 0.000969. The van der Waals surface area contributed by atoms with Crippen molar-refractivity contribution in [2.24, 2.45) is 0 Å². The van der Waals surface area contributed by atoms with Crippen LogP contribution < -0.4 is 0 Å². The predicted octanol–water partition coefficient (Wildman–Crippen LogP) is 5.08. The highest BCUT2D eigenvalue weighted by atomic mass is 16.2. The zero-order valence-electron chi connectivity index (χ0n) is 20.0. The van der Waals surface area contributed by atoms with Crippen molar-refractivity contribution in [2.45, 2.75) is 31.7 Å². The van der Waals surface area contributed by atoms with Crippen LogP contribution in [-0.4, -0.2) is 48.6 Å². The van der Waals surface area contributed by atoms with Gasteiger partial charge in [-0.05, 0) is 43.0 Å². The topological polar surface area (TPSA) is 79.7 Å². The number of pyridine rings is 1. The molecule has 4 heterocycles. The van der Waals surface area contributed by atoms with Crippen molar-refractivity contribution in [3.63, 3.8) is 0 Å². The van der Waals surface area contributed by atoms with Crippen molar-refractivity contribution >= 4 is 17.1 Å². The molecule has 7 nitrogen and oxygen atoms in total. The fourth-order valence-corrected chi connectivity index (χ4v) is 5.12. The lowest BCUT2D eigenvalue weighted by Crippen LogP contribution is -2.39. The number of aromatic amines is 1. The number of nitrogens with zero attached hydrogens (tertiary/aromatic N) is 5. The zero-order valence-corrected chi connectivity index (χ0v) is 20.0. The van der Waals surface area contributed by atoms with Gasteiger partial charge in [-0.15, -0.1) is 0 Å². The molecular formula is C29H28N6O. The Labute approximate surface area is 209 Å². The van der Waals surface area contributed by atoms with Crippen LogP contribution in [0.25, 0.3) is 22.4 Å². The van der Waals surface area contributed by atoms with E-state index in [1.54, 1.807) is 0 Å². The Morgan fingerprint density at radius 2 is 1.67 bits per heavy atom. The number of carbonyl (C=O) groups excluding carboxylic acids is 1. The van der Waals surface area contributed by atoms with Gasteiger partial charge in [0, 0.05) is 37.3 Å². The summed E-state index contributed by atoms with van der Waals surface area (Å²) in [5.74, 6) is 1.07. The van der Waals surface area contributed by atoms with Crippen LogP contribution >= 0.6 is 0 Å². The van der Waals surface area contributed by atoms with E-state index in [-0.39, 0.29) is 11.9 Å². The first-order valence-electron chi connectivity index (χ1n) is 12.5. The molecule has 0 bridgehead atoms. The van der Waals surface area contributed by atoms with Crippen molar-refractivity contribution in [1.82, 2.24) is 29.6 Å². The summed E-state index contributed by atoms with van der Waals surface area (Å²) in [5.41, 5.74) is 5.49. The van der Waals surface area contributed by atoms with Crippen molar-refractivity contribution < 1.29 is 4.79 Å². The monoisotopic (exact) mass is 476 g/mol. The Bertz CT molecular complexity index is 1470. The third-order valence-electron chi connectivity index (χ3n) is 7.00. The van der Waals surface area contributed by atoms with Crippen LogP contribution in [0.5, 0.6) is 0 Å². The summed E-state index contributed by atoms with van der Waals surface area (Å²) in [5, 5.41) is 7.30. The Kier molecular flexibility index (Phi) is 6.03. The molecular weight excluding hydrogens is 448 g/mol. The molecule has 1 saturated heterocycles. The van der Waals surface area contributed by atoms with Gasteiger partial charge in [0.15, 0.2) is 5.65 Å². The number of amides is 1. The molecule has 2 aromatic carbocycles. The molecule has 0 aliphatic carbocycles. The van der Waals surface area contributed by atoms with Gasteiger partial charge in [0.05, 0.1) is 5.69 Å². The summed E-state index contributed by atoms with van der Waals surface area (Å²) < 4.78 is 2.32. The highest BCUT2D eigenvalue weighted by Crippen LogP contribution is 2.29. The second-order valence-electron chi connectivity index (χ2n) is 9.29. The molecule has 5 aromatic rings. The molecule has 1 amide bonds. The number of hydrogen-bond acceptors (Lipinski definition) is 4. The summed E-state index contributed by atoms with van der Waals surface area (Å²) in [7, 11) is 0. The van der Waals surface area contributed by atoms with Gasteiger partial charge < -0.3 is 9.47 Å². The van der Waals surface area contributed by atoms with E-state index in [0.29, 0.717) is 18.8 Å². The lowest BCUT2D eigenvalue weighted by molar-refractivity contribution is 0.0689. The van der Waals surface area contributed by atoms with Crippen LogP contribution in [0, 0.1) is 0 Å². The Morgan fingerprint density at radius 1 is 0.917 bits per heavy atom. The van der Waals surface area contributed by atoms with Gasteiger partial charge in [0.25, 0.3) is 5.91 Å². The minimum absolute atomic E-state index is 0.000969. The third kappa shape index (κ3) is 4.40. The highest BCUT2D eigenvalue weighted by Gasteiger charge is 2.28. The van der Waals surface area contributed by atoms with E-state index in [4.69, 9.17) is 4.98 Å². The number of H-pyrrole nitrogens is 1. The first-order chi connectivity index (χ1) is 17.8. The van der Waals surface area contributed by atoms with Crippen molar-refractivity contribution in [1.29, 1.82) is 0 Å². The van der Waals surface area contributed by atoms with Gasteiger partial charge in [-0.3, -0.25) is 9.89 Å². The minimum Gasteiger partial charge on any atom is -0.337 e. The molecule has 36 heavy (non-hydrogen) atoms. The maximum Gasteiger partial charge on any atom is 0.271 e. The second kappa shape index (κ2) is 9.77. The van der Waals surface area contributed by atoms with Crippen molar-refractivity contribution in [3.8, 4) is 11.3 Å². The lowest BCUT2D eigenvalue weighted by atomic mass is 10.0. The summed E-state index contributed by atoms with van der Waals surface area (Å²) in [6.07, 6.45) is 5.36. The van der Waals surface area contributed by atoms with E-state index in [1.807, 2.05) is 65.7 Å². The van der Waals surface area contributed by atoms with E-state index < -0.39 is 0 Å². The SMILES string of the molecule is O=C(c1cc(-c2ccccc2)n[nH]1)N1CCC(n2c(CCc3ccccc3)nc3cccnc32)CC1. The number of likely N-dealkylation sites (tertiary alicyclic amines) is 1. The molecule has 3 aromatic heterocycles. The van der Waals surface area contributed by atoms with Crippen LogP contribution in [-0.2, 0) is 12.8 Å². The molecule has 0 saturated carbocycles. The van der Waals surface area contributed by atoms with Crippen LogP contribution in [0.3, 0.4) is 0 Å². The molecule has 180 valence electrons. The third-order valence-corrected chi connectivity index (χ3v) is 7.00. The number of nitrogens with one attached hydrogen (secondary N) is 1. The predicted molar refractivity (Wildman–Crippen MR) is 140 cm³/mol. The van der Waals surface area contributed by atoms with Crippen molar-refractivity contribution in [2.75, 3.05) is 13.1 Å². The summed E-state index contributed by atoms with van der Waals surface area (Å²) >= 11 is 0. The Hall–Kier alpha value is -4.26. The van der Waals surface area contributed by atoms with E-state index in [0.717, 1.165) is 53.9 Å². The summed E-state index contributed by atoms with van der Waals surface area (Å²) in [4.78, 5) is 24.7. The first-order valence-corrected chi connectivity index (χ1v) is 12.5. The maximum absolute atomic E-state index is 13.2. The van der Waals surface area contributed by atoms with E-state index in [1.165, 1.54) is 5.56 Å². The Balaban J connectivity index is 1.17. The number of imidazole rings is 1. The number of hydrogen-bond donors (Lipinski definition) is 1. The normalized spacial score (nSPS) is 14.4. The molecule has 0 atom stereocenters. The fraction of sp³-hybridized carbons (Fsp3) is 0.241. The molecule has 1 aliphatic rings. The van der Waals surface area contributed by atoms with Gasteiger partial charge in [-0.25, -0.2) is 9.97 Å². The molecule has 1 N–H and O–H groups in total. The molecule has 0 spiro atoms. The van der Waals surface area contributed by atoms with Gasteiger partial charge in [0.1, 0.15) is 17.0 Å². The van der Waals surface area contributed by atoms with Gasteiger partial charge in [0.2, 0.25) is 0 Å². The maximum atomic E-state index is 13.2. The van der Waals surface area contributed by atoms with Gasteiger partial charge in [-0.2, -0.15) is 5.10 Å².